The molecule has 0 radical (unpaired) electrons. The van der Waals surface area contributed by atoms with Crippen molar-refractivity contribution in [2.75, 3.05) is 6.61 Å². The van der Waals surface area contributed by atoms with Gasteiger partial charge in [0.15, 0.2) is 0 Å². The van der Waals surface area contributed by atoms with Crippen LogP contribution in [0.2, 0.25) is 0 Å². The minimum Gasteiger partial charge on any atom is -0.423 e. The Labute approximate surface area is 109 Å². The molecule has 1 aromatic heterocycles. The molecule has 0 atom stereocenters. The molecular weight excluding hydrogens is 246 g/mol. The third-order valence-corrected chi connectivity index (χ3v) is 3.29. The van der Waals surface area contributed by atoms with E-state index in [0.717, 1.165) is 18.4 Å². The lowest BCUT2D eigenvalue weighted by atomic mass is 10.1. The van der Waals surface area contributed by atoms with E-state index >= 15 is 0 Å². The zero-order chi connectivity index (χ0) is 13.3. The summed E-state index contributed by atoms with van der Waals surface area (Å²) >= 11 is 0. The number of aromatic nitrogens is 2. The lowest BCUT2D eigenvalue weighted by Crippen LogP contribution is -2.39. The van der Waals surface area contributed by atoms with Crippen LogP contribution in [-0.2, 0) is 0 Å². The predicted octanol–water partition coefficient (Wildman–Crippen LogP) is 0.991. The van der Waals surface area contributed by atoms with Gasteiger partial charge in [-0.15, -0.1) is 10.2 Å². The number of rotatable bonds is 4. The Balaban J connectivity index is 1.74. The predicted molar refractivity (Wildman–Crippen MR) is 66.3 cm³/mol. The average molecular weight is 259 g/mol. The van der Waals surface area contributed by atoms with Gasteiger partial charge in [-0.1, -0.05) is 0 Å². The fraction of sp³-hybridized carbons (Fsp3) is 0.308. The maximum atomic E-state index is 12.0. The number of nitrogens with one attached hydrogen (secondary N) is 1. The Hall–Kier alpha value is -2.21. The van der Waals surface area contributed by atoms with Gasteiger partial charge in [-0.25, -0.2) is 0 Å². The van der Waals surface area contributed by atoms with Crippen molar-refractivity contribution in [2.24, 2.45) is 0 Å². The number of hydrogen-bond donors (Lipinski definition) is 2. The van der Waals surface area contributed by atoms with Crippen LogP contribution in [-0.4, -0.2) is 33.4 Å². The van der Waals surface area contributed by atoms with E-state index in [2.05, 4.69) is 15.5 Å². The van der Waals surface area contributed by atoms with E-state index in [4.69, 9.17) is 4.42 Å². The highest BCUT2D eigenvalue weighted by Crippen LogP contribution is 2.34. The fourth-order valence-corrected chi connectivity index (χ4v) is 1.85. The number of aliphatic hydroxyl groups is 1. The second-order valence-electron chi connectivity index (χ2n) is 4.71. The monoisotopic (exact) mass is 259 g/mol. The van der Waals surface area contributed by atoms with E-state index in [9.17, 15) is 9.90 Å². The third-order valence-electron chi connectivity index (χ3n) is 3.29. The highest BCUT2D eigenvalue weighted by molar-refractivity contribution is 5.95. The SMILES string of the molecule is O=C(NC1(CO)CC1)c1ccc(-c2nnco2)cc1. The van der Waals surface area contributed by atoms with Crippen molar-refractivity contribution in [3.63, 3.8) is 0 Å². The summed E-state index contributed by atoms with van der Waals surface area (Å²) in [4.78, 5) is 12.0. The molecule has 6 nitrogen and oxygen atoms in total. The summed E-state index contributed by atoms with van der Waals surface area (Å²) in [6, 6.07) is 6.90. The maximum Gasteiger partial charge on any atom is 0.251 e. The molecule has 6 heteroatoms. The van der Waals surface area contributed by atoms with Crippen molar-refractivity contribution in [1.82, 2.24) is 15.5 Å². The summed E-state index contributed by atoms with van der Waals surface area (Å²) in [7, 11) is 0. The topological polar surface area (TPSA) is 88.2 Å². The molecule has 2 aromatic rings. The standard InChI is InChI=1S/C13H13N3O3/c17-7-13(5-6-13)15-11(18)9-1-3-10(4-2-9)12-16-14-8-19-12/h1-4,8,17H,5-7H2,(H,15,18). The summed E-state index contributed by atoms with van der Waals surface area (Å²) < 4.78 is 5.07. The van der Waals surface area contributed by atoms with E-state index in [1.54, 1.807) is 24.3 Å². The zero-order valence-corrected chi connectivity index (χ0v) is 10.2. The number of carbonyl (C=O) groups is 1. The first-order chi connectivity index (χ1) is 9.22. The van der Waals surface area contributed by atoms with Gasteiger partial charge in [0, 0.05) is 11.1 Å². The Morgan fingerprint density at radius 1 is 1.37 bits per heavy atom. The molecule has 0 bridgehead atoms. The summed E-state index contributed by atoms with van der Waals surface area (Å²) in [5, 5.41) is 19.4. The van der Waals surface area contributed by atoms with Crippen LogP contribution in [0, 0.1) is 0 Å². The first kappa shape index (κ1) is 11.9. The second-order valence-corrected chi connectivity index (χ2v) is 4.71. The Kier molecular flexibility index (Phi) is 2.79. The van der Waals surface area contributed by atoms with Crippen molar-refractivity contribution in [2.45, 2.75) is 18.4 Å². The number of amides is 1. The summed E-state index contributed by atoms with van der Waals surface area (Å²) in [6.45, 7) is -0.0151. The number of hydrogen-bond acceptors (Lipinski definition) is 5. The molecule has 1 aromatic carbocycles. The molecule has 1 aliphatic rings. The van der Waals surface area contributed by atoms with Gasteiger partial charge in [0.05, 0.1) is 12.1 Å². The number of carbonyl (C=O) groups excluding carboxylic acids is 1. The normalized spacial score (nSPS) is 16.1. The van der Waals surface area contributed by atoms with Crippen LogP contribution in [0.1, 0.15) is 23.2 Å². The van der Waals surface area contributed by atoms with Gasteiger partial charge in [-0.3, -0.25) is 4.79 Å². The minimum atomic E-state index is -0.401. The molecule has 0 spiro atoms. The van der Waals surface area contributed by atoms with Crippen molar-refractivity contribution < 1.29 is 14.3 Å². The number of aliphatic hydroxyl groups excluding tert-OH is 1. The van der Waals surface area contributed by atoms with Gasteiger partial charge >= 0.3 is 0 Å². The quantitative estimate of drug-likeness (QED) is 0.854. The van der Waals surface area contributed by atoms with Gasteiger partial charge in [0.25, 0.3) is 5.91 Å². The molecule has 0 unspecified atom stereocenters. The van der Waals surface area contributed by atoms with Gasteiger partial charge in [0.2, 0.25) is 12.3 Å². The van der Waals surface area contributed by atoms with Crippen LogP contribution in [0.25, 0.3) is 11.5 Å². The molecule has 0 aliphatic heterocycles. The van der Waals surface area contributed by atoms with Gasteiger partial charge in [-0.2, -0.15) is 0 Å². The molecular formula is C13H13N3O3. The van der Waals surface area contributed by atoms with E-state index in [1.165, 1.54) is 6.39 Å². The van der Waals surface area contributed by atoms with Crippen molar-refractivity contribution in [3.05, 3.63) is 36.2 Å². The lowest BCUT2D eigenvalue weighted by Gasteiger charge is -2.14. The smallest absolute Gasteiger partial charge is 0.251 e. The van der Waals surface area contributed by atoms with Crippen molar-refractivity contribution >= 4 is 5.91 Å². The van der Waals surface area contributed by atoms with Crippen LogP contribution in [0.4, 0.5) is 0 Å². The molecule has 1 amide bonds. The van der Waals surface area contributed by atoms with E-state index in [1.807, 2.05) is 0 Å². The van der Waals surface area contributed by atoms with Crippen LogP contribution < -0.4 is 5.32 Å². The molecule has 1 saturated carbocycles. The highest BCUT2D eigenvalue weighted by Gasteiger charge is 2.43. The van der Waals surface area contributed by atoms with Gasteiger partial charge in [-0.05, 0) is 37.1 Å². The molecule has 2 N–H and O–H groups in total. The lowest BCUT2D eigenvalue weighted by molar-refractivity contribution is 0.0907. The van der Waals surface area contributed by atoms with Crippen molar-refractivity contribution in [3.8, 4) is 11.5 Å². The van der Waals surface area contributed by atoms with E-state index in [-0.39, 0.29) is 12.5 Å². The minimum absolute atomic E-state index is 0.0151. The van der Waals surface area contributed by atoms with E-state index in [0.29, 0.717) is 11.5 Å². The number of benzene rings is 1. The third kappa shape index (κ3) is 2.34. The molecule has 3 rings (SSSR count). The van der Waals surface area contributed by atoms with Crippen LogP contribution in [0.5, 0.6) is 0 Å². The first-order valence-corrected chi connectivity index (χ1v) is 6.02. The highest BCUT2D eigenvalue weighted by atomic mass is 16.4. The van der Waals surface area contributed by atoms with Gasteiger partial charge < -0.3 is 14.8 Å². The summed E-state index contributed by atoms with van der Waals surface area (Å²) in [5.74, 6) is 0.240. The summed E-state index contributed by atoms with van der Waals surface area (Å²) in [5.41, 5.74) is 0.905. The molecule has 1 fully saturated rings. The molecule has 98 valence electrons. The van der Waals surface area contributed by atoms with Gasteiger partial charge in [0.1, 0.15) is 0 Å². The Morgan fingerprint density at radius 3 is 2.63 bits per heavy atom. The molecule has 0 saturated heterocycles. The average Bonchev–Trinajstić information content (AvgIpc) is 3.01. The largest absolute Gasteiger partial charge is 0.423 e. The molecule has 19 heavy (non-hydrogen) atoms. The molecule has 1 heterocycles. The Bertz CT molecular complexity index is 574. The van der Waals surface area contributed by atoms with E-state index < -0.39 is 5.54 Å². The second kappa shape index (κ2) is 4.47. The fourth-order valence-electron chi connectivity index (χ4n) is 1.85. The first-order valence-electron chi connectivity index (χ1n) is 6.02. The summed E-state index contributed by atoms with van der Waals surface area (Å²) in [6.07, 6.45) is 2.92. The van der Waals surface area contributed by atoms with Crippen LogP contribution in [0.15, 0.2) is 35.1 Å². The van der Waals surface area contributed by atoms with Crippen LogP contribution in [0.3, 0.4) is 0 Å². The zero-order valence-electron chi connectivity index (χ0n) is 10.2. The molecule has 1 aliphatic carbocycles. The van der Waals surface area contributed by atoms with Crippen molar-refractivity contribution in [1.29, 1.82) is 0 Å². The maximum absolute atomic E-state index is 12.0. The number of nitrogens with zero attached hydrogens (tertiary/aromatic N) is 2. The van der Waals surface area contributed by atoms with Crippen LogP contribution >= 0.6 is 0 Å². The Morgan fingerprint density at radius 2 is 2.11 bits per heavy atom.